The Kier molecular flexibility index (Phi) is 2.61. The maximum absolute atomic E-state index is 4.55. The van der Waals surface area contributed by atoms with E-state index in [1.807, 2.05) is 6.20 Å². The number of hydrogen-bond donors (Lipinski definition) is 0. The van der Waals surface area contributed by atoms with Crippen molar-refractivity contribution in [3.63, 3.8) is 0 Å². The van der Waals surface area contributed by atoms with E-state index in [4.69, 9.17) is 0 Å². The minimum atomic E-state index is 0.195. The molecule has 0 spiro atoms. The van der Waals surface area contributed by atoms with E-state index in [1.165, 1.54) is 36.9 Å². The highest BCUT2D eigenvalue weighted by atomic mass is 15.3. The molecule has 0 N–H and O–H groups in total. The van der Waals surface area contributed by atoms with E-state index in [1.54, 1.807) is 0 Å². The van der Waals surface area contributed by atoms with Gasteiger partial charge in [0.15, 0.2) is 0 Å². The van der Waals surface area contributed by atoms with Gasteiger partial charge in [0.1, 0.15) is 0 Å². The number of nitrogens with zero attached hydrogens (tertiary/aromatic N) is 2. The van der Waals surface area contributed by atoms with Gasteiger partial charge in [-0.25, -0.2) is 0 Å². The van der Waals surface area contributed by atoms with Crippen LogP contribution in [-0.2, 0) is 12.0 Å². The smallest absolute Gasteiger partial charge is 0.0577 e. The van der Waals surface area contributed by atoms with Crippen molar-refractivity contribution < 1.29 is 0 Å². The highest BCUT2D eigenvalue weighted by Crippen LogP contribution is 2.34. The molecule has 0 saturated carbocycles. The summed E-state index contributed by atoms with van der Waals surface area (Å²) in [6.07, 6.45) is 7.11. The summed E-state index contributed by atoms with van der Waals surface area (Å²) in [5.74, 6) is 0.862. The Morgan fingerprint density at radius 1 is 1.53 bits per heavy atom. The molecule has 1 unspecified atom stereocenters. The predicted octanol–water partition coefficient (Wildman–Crippen LogP) is 3.29. The molecule has 1 aliphatic heterocycles. The topological polar surface area (TPSA) is 17.8 Å². The Morgan fingerprint density at radius 2 is 2.27 bits per heavy atom. The van der Waals surface area contributed by atoms with Crippen LogP contribution >= 0.6 is 0 Å². The lowest BCUT2D eigenvalue weighted by Crippen LogP contribution is -2.29. The molecule has 0 aromatic carbocycles. The van der Waals surface area contributed by atoms with Crippen LogP contribution in [0.5, 0.6) is 0 Å². The summed E-state index contributed by atoms with van der Waals surface area (Å²) < 4.78 is 2.26. The van der Waals surface area contributed by atoms with Crippen LogP contribution in [0.3, 0.4) is 0 Å². The predicted molar refractivity (Wildman–Crippen MR) is 63.0 cm³/mol. The minimum Gasteiger partial charge on any atom is -0.264 e. The first-order valence-corrected chi connectivity index (χ1v) is 6.08. The molecule has 1 aliphatic rings. The van der Waals surface area contributed by atoms with Gasteiger partial charge in [-0.1, -0.05) is 13.3 Å². The highest BCUT2D eigenvalue weighted by Gasteiger charge is 2.30. The Balaban J connectivity index is 2.38. The van der Waals surface area contributed by atoms with E-state index in [2.05, 4.69) is 37.5 Å². The van der Waals surface area contributed by atoms with Gasteiger partial charge in [-0.05, 0) is 51.5 Å². The molecule has 2 heteroatoms. The summed E-state index contributed by atoms with van der Waals surface area (Å²) in [5, 5.41) is 4.55. The molecule has 0 amide bonds. The number of aryl methyl sites for hydroxylation is 1. The molecule has 84 valence electrons. The van der Waals surface area contributed by atoms with E-state index < -0.39 is 0 Å². The average Bonchev–Trinajstić information content (AvgIpc) is 2.48. The summed E-state index contributed by atoms with van der Waals surface area (Å²) in [7, 11) is 0. The number of fused-ring (bicyclic) bond motifs is 1. The quantitative estimate of drug-likeness (QED) is 0.689. The van der Waals surface area contributed by atoms with Crippen molar-refractivity contribution in [2.24, 2.45) is 5.92 Å². The van der Waals surface area contributed by atoms with Crippen LogP contribution in [0.2, 0.25) is 0 Å². The second-order valence-electron chi connectivity index (χ2n) is 5.52. The molecule has 1 aromatic heterocycles. The van der Waals surface area contributed by atoms with Crippen LogP contribution in [-0.4, -0.2) is 9.78 Å². The minimum absolute atomic E-state index is 0.195. The van der Waals surface area contributed by atoms with Crippen LogP contribution in [0.25, 0.3) is 0 Å². The molecule has 2 nitrogen and oxygen atoms in total. The molecule has 0 aliphatic carbocycles. The zero-order chi connectivity index (χ0) is 11.1. The van der Waals surface area contributed by atoms with Gasteiger partial charge < -0.3 is 0 Å². The van der Waals surface area contributed by atoms with E-state index in [0.717, 1.165) is 5.92 Å². The van der Waals surface area contributed by atoms with Crippen LogP contribution in [0, 0.1) is 12.8 Å². The van der Waals surface area contributed by atoms with Gasteiger partial charge in [0.25, 0.3) is 0 Å². The number of rotatable bonds is 1. The molecule has 2 rings (SSSR count). The van der Waals surface area contributed by atoms with Gasteiger partial charge in [0, 0.05) is 5.69 Å². The Labute approximate surface area is 92.7 Å². The molecule has 0 radical (unpaired) electrons. The van der Waals surface area contributed by atoms with E-state index >= 15 is 0 Å². The second-order valence-corrected chi connectivity index (χ2v) is 5.52. The van der Waals surface area contributed by atoms with Gasteiger partial charge in [-0.3, -0.25) is 4.68 Å². The fourth-order valence-electron chi connectivity index (χ4n) is 2.86. The van der Waals surface area contributed by atoms with Gasteiger partial charge >= 0.3 is 0 Å². The summed E-state index contributed by atoms with van der Waals surface area (Å²) in [4.78, 5) is 0. The van der Waals surface area contributed by atoms with Gasteiger partial charge in [-0.2, -0.15) is 5.10 Å². The van der Waals surface area contributed by atoms with Crippen molar-refractivity contribution in [2.45, 2.75) is 58.9 Å². The monoisotopic (exact) mass is 206 g/mol. The summed E-state index contributed by atoms with van der Waals surface area (Å²) in [5.41, 5.74) is 3.01. The first-order chi connectivity index (χ1) is 7.04. The first-order valence-electron chi connectivity index (χ1n) is 6.08. The standard InChI is InChI=1S/C13H22N2/c1-5-11-6-7-12-10(2)9-14-15(12)13(3,4)8-11/h9,11H,5-8H2,1-4H3. The average molecular weight is 206 g/mol. The lowest BCUT2D eigenvalue weighted by molar-refractivity contribution is 0.248. The maximum Gasteiger partial charge on any atom is 0.0577 e. The third-order valence-electron chi connectivity index (χ3n) is 3.81. The van der Waals surface area contributed by atoms with Gasteiger partial charge in [0.2, 0.25) is 0 Å². The molecule has 0 fully saturated rings. The molecular formula is C13H22N2. The Morgan fingerprint density at radius 3 is 2.93 bits per heavy atom. The van der Waals surface area contributed by atoms with Gasteiger partial charge in [0.05, 0.1) is 11.7 Å². The zero-order valence-corrected chi connectivity index (χ0v) is 10.4. The van der Waals surface area contributed by atoms with Crippen LogP contribution in [0.4, 0.5) is 0 Å². The van der Waals surface area contributed by atoms with E-state index in [0.29, 0.717) is 0 Å². The van der Waals surface area contributed by atoms with E-state index in [-0.39, 0.29) is 5.54 Å². The van der Waals surface area contributed by atoms with Crippen LogP contribution < -0.4 is 0 Å². The fraction of sp³-hybridized carbons (Fsp3) is 0.769. The zero-order valence-electron chi connectivity index (χ0n) is 10.4. The van der Waals surface area contributed by atoms with Crippen LogP contribution in [0.1, 0.15) is 51.3 Å². The molecule has 15 heavy (non-hydrogen) atoms. The Hall–Kier alpha value is -0.790. The Bertz CT molecular complexity index is 349. The molecule has 0 saturated heterocycles. The largest absolute Gasteiger partial charge is 0.264 e. The highest BCUT2D eigenvalue weighted by molar-refractivity contribution is 5.18. The van der Waals surface area contributed by atoms with Crippen LogP contribution in [0.15, 0.2) is 6.20 Å². The lowest BCUT2D eigenvalue weighted by atomic mass is 9.88. The van der Waals surface area contributed by atoms with Crippen molar-refractivity contribution >= 4 is 0 Å². The van der Waals surface area contributed by atoms with Crippen molar-refractivity contribution in [3.8, 4) is 0 Å². The third-order valence-corrected chi connectivity index (χ3v) is 3.81. The summed E-state index contributed by atoms with van der Waals surface area (Å²) >= 11 is 0. The number of aromatic nitrogens is 2. The summed E-state index contributed by atoms with van der Waals surface area (Å²) in [6.45, 7) is 9.12. The summed E-state index contributed by atoms with van der Waals surface area (Å²) in [6, 6.07) is 0. The lowest BCUT2D eigenvalue weighted by Gasteiger charge is -2.28. The molecule has 1 aromatic rings. The molecule has 2 heterocycles. The van der Waals surface area contributed by atoms with Gasteiger partial charge in [-0.15, -0.1) is 0 Å². The molecule has 0 bridgehead atoms. The van der Waals surface area contributed by atoms with Crippen molar-refractivity contribution in [1.29, 1.82) is 0 Å². The van der Waals surface area contributed by atoms with Crippen molar-refractivity contribution in [3.05, 3.63) is 17.5 Å². The third kappa shape index (κ3) is 1.82. The normalized spacial score (nSPS) is 24.7. The van der Waals surface area contributed by atoms with E-state index in [9.17, 15) is 0 Å². The second kappa shape index (κ2) is 3.66. The maximum atomic E-state index is 4.55. The van der Waals surface area contributed by atoms with Crippen molar-refractivity contribution in [2.75, 3.05) is 0 Å². The first kappa shape index (κ1) is 10.7. The fourth-order valence-corrected chi connectivity index (χ4v) is 2.86. The SMILES string of the molecule is CCC1CCc2c(C)cnn2C(C)(C)C1. The molecule has 1 atom stereocenters. The molecular weight excluding hydrogens is 184 g/mol. The number of hydrogen-bond acceptors (Lipinski definition) is 1. The van der Waals surface area contributed by atoms with Crippen molar-refractivity contribution in [1.82, 2.24) is 9.78 Å².